The lowest BCUT2D eigenvalue weighted by Crippen LogP contribution is -1.94. The molecule has 160 valence electrons. The predicted molar refractivity (Wildman–Crippen MR) is 137 cm³/mol. The van der Waals surface area contributed by atoms with Gasteiger partial charge in [-0.2, -0.15) is 0 Å². The van der Waals surface area contributed by atoms with Gasteiger partial charge in [-0.05, 0) is 68.8 Å². The summed E-state index contributed by atoms with van der Waals surface area (Å²) in [5.41, 5.74) is 8.88. The van der Waals surface area contributed by atoms with Crippen molar-refractivity contribution in [1.29, 1.82) is 0 Å². The van der Waals surface area contributed by atoms with Gasteiger partial charge in [-0.3, -0.25) is 0 Å². The Morgan fingerprint density at radius 3 is 1.30 bits per heavy atom. The Kier molecular flexibility index (Phi) is 5.99. The van der Waals surface area contributed by atoms with E-state index >= 15 is 0 Å². The molecule has 0 amide bonds. The van der Waals surface area contributed by atoms with Crippen LogP contribution in [0.2, 0.25) is 0 Å². The Morgan fingerprint density at radius 2 is 0.879 bits per heavy atom. The van der Waals surface area contributed by atoms with Crippen LogP contribution in [0.4, 0.5) is 0 Å². The van der Waals surface area contributed by atoms with Crippen molar-refractivity contribution in [1.82, 2.24) is 0 Å². The minimum absolute atomic E-state index is 0.391. The summed E-state index contributed by atoms with van der Waals surface area (Å²) in [6, 6.07) is 42.9. The molecular weight excluding hydrogens is 424 g/mol. The zero-order chi connectivity index (χ0) is 22.6. The van der Waals surface area contributed by atoms with E-state index in [9.17, 15) is 8.76 Å². The minimum Gasteiger partial charge on any atom is -0.302 e. The molecule has 2 nitrogen and oxygen atoms in total. The molecule has 5 aromatic rings. The first-order valence-corrected chi connectivity index (χ1v) is 11.9. The van der Waals surface area contributed by atoms with Crippen LogP contribution in [0.1, 0.15) is 0 Å². The highest BCUT2D eigenvalue weighted by Gasteiger charge is 2.17. The second-order valence-corrected chi connectivity index (χ2v) is 8.79. The maximum Gasteiger partial charge on any atom is 0.186 e. The third-order valence-electron chi connectivity index (χ3n) is 5.76. The quantitative estimate of drug-likeness (QED) is 0.278. The highest BCUT2D eigenvalue weighted by atomic mass is 32.2. The Labute approximate surface area is 196 Å². The lowest BCUT2D eigenvalue weighted by molar-refractivity contribution is 0.564. The Balaban J connectivity index is 1.84. The summed E-state index contributed by atoms with van der Waals surface area (Å²) in [6.07, 6.45) is 0. The summed E-state index contributed by atoms with van der Waals surface area (Å²) in [4.78, 5) is 0.391. The van der Waals surface area contributed by atoms with E-state index in [1.807, 2.05) is 30.3 Å². The fourth-order valence-electron chi connectivity index (χ4n) is 4.18. The molecule has 0 saturated heterocycles. The molecule has 1 atom stereocenters. The fraction of sp³-hybridized carbons (Fsp3) is 0. The van der Waals surface area contributed by atoms with Crippen molar-refractivity contribution in [3.05, 3.63) is 127 Å². The molecule has 0 aromatic heterocycles. The topological polar surface area (TPSA) is 37.3 Å². The molecule has 0 aliphatic rings. The molecule has 0 spiro atoms. The molecule has 0 aliphatic heterocycles. The SMILES string of the molecule is O=S(O)c1ccc(-c2c(-c3ccccc3)cc(-c3ccccc3)cc2-c2ccccc2)cc1. The van der Waals surface area contributed by atoms with Gasteiger partial charge in [0.1, 0.15) is 0 Å². The highest BCUT2D eigenvalue weighted by molar-refractivity contribution is 7.79. The van der Waals surface area contributed by atoms with Gasteiger partial charge in [0, 0.05) is 0 Å². The Bertz CT molecular complexity index is 1330. The highest BCUT2D eigenvalue weighted by Crippen LogP contribution is 2.43. The van der Waals surface area contributed by atoms with Gasteiger partial charge in [0.05, 0.1) is 4.90 Å². The molecule has 0 saturated carbocycles. The van der Waals surface area contributed by atoms with Crippen molar-refractivity contribution in [3.8, 4) is 44.5 Å². The van der Waals surface area contributed by atoms with E-state index in [-0.39, 0.29) is 0 Å². The van der Waals surface area contributed by atoms with Crippen molar-refractivity contribution in [3.63, 3.8) is 0 Å². The van der Waals surface area contributed by atoms with Crippen LogP contribution in [0.25, 0.3) is 44.5 Å². The summed E-state index contributed by atoms with van der Waals surface area (Å²) in [7, 11) is 0. The molecule has 5 rings (SSSR count). The summed E-state index contributed by atoms with van der Waals surface area (Å²) in [6.45, 7) is 0. The van der Waals surface area contributed by atoms with Gasteiger partial charge in [0.15, 0.2) is 11.1 Å². The number of hydrogen-bond acceptors (Lipinski definition) is 1. The van der Waals surface area contributed by atoms with Crippen LogP contribution in [-0.2, 0) is 11.1 Å². The van der Waals surface area contributed by atoms with E-state index in [1.165, 1.54) is 0 Å². The van der Waals surface area contributed by atoms with E-state index in [2.05, 4.69) is 84.9 Å². The van der Waals surface area contributed by atoms with Crippen LogP contribution >= 0.6 is 0 Å². The van der Waals surface area contributed by atoms with Crippen LogP contribution in [-0.4, -0.2) is 8.76 Å². The van der Waals surface area contributed by atoms with Crippen LogP contribution in [0.3, 0.4) is 0 Å². The lowest BCUT2D eigenvalue weighted by Gasteiger charge is -2.19. The fourth-order valence-corrected chi connectivity index (χ4v) is 4.55. The second-order valence-electron chi connectivity index (χ2n) is 7.82. The Morgan fingerprint density at radius 1 is 0.455 bits per heavy atom. The third kappa shape index (κ3) is 4.42. The zero-order valence-electron chi connectivity index (χ0n) is 17.9. The van der Waals surface area contributed by atoms with Crippen molar-refractivity contribution in [2.24, 2.45) is 0 Å². The van der Waals surface area contributed by atoms with E-state index in [4.69, 9.17) is 0 Å². The standard InChI is InChI=1S/C30H22O2S/c31-33(32)27-18-16-25(17-19-27)30-28(23-12-6-2-7-13-23)20-26(22-10-4-1-5-11-22)21-29(30)24-14-8-3-9-15-24/h1-21H,(H,31,32). The lowest BCUT2D eigenvalue weighted by atomic mass is 9.85. The largest absolute Gasteiger partial charge is 0.302 e. The molecule has 0 fully saturated rings. The summed E-state index contributed by atoms with van der Waals surface area (Å²) in [5, 5.41) is 0. The number of hydrogen-bond donors (Lipinski definition) is 1. The summed E-state index contributed by atoms with van der Waals surface area (Å²) >= 11 is -2.00. The van der Waals surface area contributed by atoms with E-state index in [0.29, 0.717) is 4.90 Å². The second kappa shape index (κ2) is 9.37. The Hall–Kier alpha value is -3.79. The average molecular weight is 447 g/mol. The number of rotatable bonds is 5. The van der Waals surface area contributed by atoms with Gasteiger partial charge in [-0.15, -0.1) is 0 Å². The molecule has 0 bridgehead atoms. The van der Waals surface area contributed by atoms with Gasteiger partial charge in [0.2, 0.25) is 0 Å². The van der Waals surface area contributed by atoms with Crippen molar-refractivity contribution < 1.29 is 8.76 Å². The van der Waals surface area contributed by atoms with Gasteiger partial charge < -0.3 is 4.55 Å². The van der Waals surface area contributed by atoms with Crippen LogP contribution in [0, 0.1) is 0 Å². The minimum atomic E-state index is -2.00. The van der Waals surface area contributed by atoms with E-state index < -0.39 is 11.1 Å². The monoisotopic (exact) mass is 446 g/mol. The van der Waals surface area contributed by atoms with Crippen molar-refractivity contribution >= 4 is 11.1 Å². The smallest absolute Gasteiger partial charge is 0.186 e. The van der Waals surface area contributed by atoms with E-state index in [1.54, 1.807) is 12.1 Å². The van der Waals surface area contributed by atoms with Gasteiger partial charge >= 0.3 is 0 Å². The molecule has 33 heavy (non-hydrogen) atoms. The maximum absolute atomic E-state index is 11.5. The first-order chi connectivity index (χ1) is 16.2. The van der Waals surface area contributed by atoms with Crippen LogP contribution < -0.4 is 0 Å². The molecule has 0 aliphatic carbocycles. The summed E-state index contributed by atoms with van der Waals surface area (Å²) in [5.74, 6) is 0. The van der Waals surface area contributed by atoms with E-state index in [0.717, 1.165) is 44.5 Å². The molecule has 1 N–H and O–H groups in total. The molecule has 0 radical (unpaired) electrons. The van der Waals surface area contributed by atoms with Crippen LogP contribution in [0.15, 0.2) is 132 Å². The first-order valence-electron chi connectivity index (χ1n) is 10.8. The predicted octanol–water partition coefficient (Wildman–Crippen LogP) is 7.94. The molecule has 5 aromatic carbocycles. The van der Waals surface area contributed by atoms with Crippen molar-refractivity contribution in [2.45, 2.75) is 4.90 Å². The van der Waals surface area contributed by atoms with Gasteiger partial charge in [-0.1, -0.05) is 103 Å². The van der Waals surface area contributed by atoms with Gasteiger partial charge in [0.25, 0.3) is 0 Å². The zero-order valence-corrected chi connectivity index (χ0v) is 18.7. The third-order valence-corrected chi connectivity index (χ3v) is 6.44. The molecule has 3 heteroatoms. The first kappa shape index (κ1) is 21.1. The maximum atomic E-state index is 11.5. The normalized spacial score (nSPS) is 11.8. The number of benzene rings is 5. The van der Waals surface area contributed by atoms with Gasteiger partial charge in [-0.25, -0.2) is 4.21 Å². The molecular formula is C30H22O2S. The average Bonchev–Trinajstić information content (AvgIpc) is 2.89. The molecule has 0 heterocycles. The van der Waals surface area contributed by atoms with Crippen molar-refractivity contribution in [2.75, 3.05) is 0 Å². The summed E-state index contributed by atoms with van der Waals surface area (Å²) < 4.78 is 21.0. The van der Waals surface area contributed by atoms with Crippen LogP contribution in [0.5, 0.6) is 0 Å². The molecule has 1 unspecified atom stereocenters.